The Kier molecular flexibility index (Phi) is 8.31. The number of anilines is 1. The highest BCUT2D eigenvalue weighted by atomic mass is 16.5. The average Bonchev–Trinajstić information content (AvgIpc) is 2.68. The zero-order valence-corrected chi connectivity index (χ0v) is 20.3. The molecule has 0 aliphatic heterocycles. The van der Waals surface area contributed by atoms with Gasteiger partial charge in [-0.15, -0.1) is 0 Å². The van der Waals surface area contributed by atoms with E-state index in [1.54, 1.807) is 24.3 Å². The van der Waals surface area contributed by atoms with Crippen LogP contribution in [-0.2, 0) is 20.4 Å². The molecule has 174 valence electrons. The number of carbonyl (C=O) groups excluding carboxylic acids is 2. The Hall–Kier alpha value is -3.02. The Bertz CT molecular complexity index is 940. The van der Waals surface area contributed by atoms with Crippen LogP contribution in [0.25, 0.3) is 0 Å². The third kappa shape index (κ3) is 7.91. The van der Waals surface area contributed by atoms with Crippen LogP contribution in [0.15, 0.2) is 42.5 Å². The Balaban J connectivity index is 1.86. The maximum absolute atomic E-state index is 12.3. The van der Waals surface area contributed by atoms with Gasteiger partial charge in [-0.25, -0.2) is 0 Å². The minimum absolute atomic E-state index is 0.0392. The van der Waals surface area contributed by atoms with Gasteiger partial charge in [-0.2, -0.15) is 0 Å². The first-order valence-electron chi connectivity index (χ1n) is 10.9. The van der Waals surface area contributed by atoms with Gasteiger partial charge in [0, 0.05) is 18.7 Å². The van der Waals surface area contributed by atoms with Crippen LogP contribution in [-0.4, -0.2) is 31.6 Å². The highest BCUT2D eigenvalue weighted by Gasteiger charge is 2.23. The first-order valence-corrected chi connectivity index (χ1v) is 10.9. The second-order valence-electron chi connectivity index (χ2n) is 9.91. The lowest BCUT2D eigenvalue weighted by atomic mass is 9.80. The number of rotatable bonds is 8. The number of hydrogen-bond donors (Lipinski definition) is 2. The number of hydrogen-bond acceptors (Lipinski definition) is 4. The van der Waals surface area contributed by atoms with Crippen LogP contribution in [0.5, 0.6) is 11.5 Å². The fraction of sp³-hybridized carbons (Fsp3) is 0.462. The van der Waals surface area contributed by atoms with E-state index in [0.29, 0.717) is 24.6 Å². The van der Waals surface area contributed by atoms with Crippen LogP contribution < -0.4 is 20.1 Å². The maximum Gasteiger partial charge on any atom is 0.258 e. The lowest BCUT2D eigenvalue weighted by molar-refractivity contribution is -0.123. The van der Waals surface area contributed by atoms with Crippen LogP contribution in [0.3, 0.4) is 0 Å². The van der Waals surface area contributed by atoms with Crippen LogP contribution >= 0.6 is 0 Å². The number of carbonyl (C=O) groups is 2. The van der Waals surface area contributed by atoms with Crippen molar-refractivity contribution >= 4 is 17.5 Å². The van der Waals surface area contributed by atoms with Gasteiger partial charge < -0.3 is 20.1 Å². The lowest BCUT2D eigenvalue weighted by Gasteiger charge is -2.27. The third-order valence-electron chi connectivity index (χ3n) is 4.86. The third-order valence-corrected chi connectivity index (χ3v) is 4.86. The van der Waals surface area contributed by atoms with Crippen LogP contribution in [0.2, 0.25) is 0 Å². The number of amides is 2. The highest BCUT2D eigenvalue weighted by molar-refractivity contribution is 5.88. The standard InChI is InChI=1S/C26H36N2O4/c1-18(29)28-20-9-8-10-21(16-20)31-14-13-27-24(30)17-32-23-12-11-19(25(2,3)4)15-22(23)26(5,6)7/h8-12,15-16H,13-14,17H2,1-7H3,(H,27,30)(H,28,29). The normalized spacial score (nSPS) is 11.6. The number of benzene rings is 2. The van der Waals surface area contributed by atoms with Crippen molar-refractivity contribution in [3.8, 4) is 11.5 Å². The molecule has 0 unspecified atom stereocenters. The van der Waals surface area contributed by atoms with E-state index < -0.39 is 0 Å². The molecule has 0 fully saturated rings. The zero-order valence-electron chi connectivity index (χ0n) is 20.3. The molecular formula is C26H36N2O4. The van der Waals surface area contributed by atoms with E-state index in [4.69, 9.17) is 9.47 Å². The number of ether oxygens (including phenoxy) is 2. The van der Waals surface area contributed by atoms with Crippen molar-refractivity contribution in [1.29, 1.82) is 0 Å². The van der Waals surface area contributed by atoms with Gasteiger partial charge >= 0.3 is 0 Å². The lowest BCUT2D eigenvalue weighted by Crippen LogP contribution is -2.32. The molecule has 2 aromatic rings. The Labute approximate surface area is 191 Å². The molecule has 6 nitrogen and oxygen atoms in total. The summed E-state index contributed by atoms with van der Waals surface area (Å²) in [6.45, 7) is 15.0. The molecule has 2 amide bonds. The smallest absolute Gasteiger partial charge is 0.258 e. The molecule has 0 aliphatic carbocycles. The summed E-state index contributed by atoms with van der Waals surface area (Å²) in [6, 6.07) is 13.3. The summed E-state index contributed by atoms with van der Waals surface area (Å²) in [5.41, 5.74) is 2.92. The largest absolute Gasteiger partial charge is 0.492 e. The predicted molar refractivity (Wildman–Crippen MR) is 129 cm³/mol. The summed E-state index contributed by atoms with van der Waals surface area (Å²) in [5.74, 6) is 1.000. The second-order valence-corrected chi connectivity index (χ2v) is 9.91. The Morgan fingerprint density at radius 3 is 2.25 bits per heavy atom. The molecule has 2 aromatic carbocycles. The van der Waals surface area contributed by atoms with Gasteiger partial charge in [0.25, 0.3) is 5.91 Å². The molecule has 0 bridgehead atoms. The van der Waals surface area contributed by atoms with Crippen molar-refractivity contribution in [2.45, 2.75) is 59.3 Å². The molecule has 0 radical (unpaired) electrons. The minimum Gasteiger partial charge on any atom is -0.492 e. The monoisotopic (exact) mass is 440 g/mol. The molecule has 0 spiro atoms. The van der Waals surface area contributed by atoms with Crippen molar-refractivity contribution in [3.05, 3.63) is 53.6 Å². The Morgan fingerprint density at radius 2 is 1.62 bits per heavy atom. The van der Waals surface area contributed by atoms with E-state index in [9.17, 15) is 9.59 Å². The van der Waals surface area contributed by atoms with Gasteiger partial charge in [-0.05, 0) is 40.2 Å². The van der Waals surface area contributed by atoms with Crippen molar-refractivity contribution in [2.75, 3.05) is 25.1 Å². The molecule has 0 atom stereocenters. The minimum atomic E-state index is -0.208. The second kappa shape index (κ2) is 10.5. The first kappa shape index (κ1) is 25.2. The van der Waals surface area contributed by atoms with Crippen molar-refractivity contribution < 1.29 is 19.1 Å². The SMILES string of the molecule is CC(=O)Nc1cccc(OCCNC(=O)COc2ccc(C(C)(C)C)cc2C(C)(C)C)c1. The summed E-state index contributed by atoms with van der Waals surface area (Å²) < 4.78 is 11.5. The summed E-state index contributed by atoms with van der Waals surface area (Å²) in [4.78, 5) is 23.4. The highest BCUT2D eigenvalue weighted by Crippen LogP contribution is 2.35. The molecular weight excluding hydrogens is 404 g/mol. The van der Waals surface area contributed by atoms with Gasteiger partial charge in [0.1, 0.15) is 18.1 Å². The van der Waals surface area contributed by atoms with Crippen LogP contribution in [0.1, 0.15) is 59.6 Å². The summed E-state index contributed by atoms with van der Waals surface area (Å²) in [5, 5.41) is 5.51. The van der Waals surface area contributed by atoms with Crippen LogP contribution in [0.4, 0.5) is 5.69 Å². The molecule has 2 rings (SSSR count). The van der Waals surface area contributed by atoms with Crippen molar-refractivity contribution in [2.24, 2.45) is 0 Å². The molecule has 0 heterocycles. The van der Waals surface area contributed by atoms with Gasteiger partial charge in [-0.3, -0.25) is 9.59 Å². The summed E-state index contributed by atoms with van der Waals surface area (Å²) in [6.07, 6.45) is 0. The topological polar surface area (TPSA) is 76.7 Å². The predicted octanol–water partition coefficient (Wildman–Crippen LogP) is 4.81. The fourth-order valence-corrected chi connectivity index (χ4v) is 3.13. The van der Waals surface area contributed by atoms with E-state index in [2.05, 4.69) is 64.3 Å². The molecule has 0 saturated heterocycles. The first-order chi connectivity index (χ1) is 14.9. The molecule has 0 aliphatic rings. The zero-order chi connectivity index (χ0) is 23.9. The number of nitrogens with one attached hydrogen (secondary N) is 2. The van der Waals surface area contributed by atoms with Gasteiger partial charge in [0.15, 0.2) is 6.61 Å². The van der Waals surface area contributed by atoms with Gasteiger partial charge in [0.05, 0.1) is 6.54 Å². The maximum atomic E-state index is 12.3. The van der Waals surface area contributed by atoms with E-state index in [1.165, 1.54) is 12.5 Å². The molecule has 2 N–H and O–H groups in total. The average molecular weight is 441 g/mol. The Morgan fingerprint density at radius 1 is 0.906 bits per heavy atom. The van der Waals surface area contributed by atoms with Gasteiger partial charge in [0.2, 0.25) is 5.91 Å². The summed E-state index contributed by atoms with van der Waals surface area (Å²) in [7, 11) is 0. The molecule has 32 heavy (non-hydrogen) atoms. The van der Waals surface area contributed by atoms with Crippen LogP contribution in [0, 0.1) is 0 Å². The van der Waals surface area contributed by atoms with E-state index in [1.807, 2.05) is 6.07 Å². The summed E-state index contributed by atoms with van der Waals surface area (Å²) >= 11 is 0. The molecule has 0 aromatic heterocycles. The molecule has 6 heteroatoms. The van der Waals surface area contributed by atoms with Crippen molar-refractivity contribution in [3.63, 3.8) is 0 Å². The fourth-order valence-electron chi connectivity index (χ4n) is 3.13. The van der Waals surface area contributed by atoms with E-state index in [0.717, 1.165) is 11.3 Å². The van der Waals surface area contributed by atoms with E-state index >= 15 is 0 Å². The van der Waals surface area contributed by atoms with E-state index in [-0.39, 0.29) is 29.3 Å². The van der Waals surface area contributed by atoms with Gasteiger partial charge in [-0.1, -0.05) is 59.7 Å². The quantitative estimate of drug-likeness (QED) is 0.578. The van der Waals surface area contributed by atoms with Crippen molar-refractivity contribution in [1.82, 2.24) is 5.32 Å². The molecule has 0 saturated carbocycles.